The number of nitrogens with zero attached hydrogens (tertiary/aromatic N) is 1. The summed E-state index contributed by atoms with van der Waals surface area (Å²) in [7, 11) is 2.20. The maximum absolute atomic E-state index is 5.59. The Labute approximate surface area is 89.9 Å². The summed E-state index contributed by atoms with van der Waals surface area (Å²) in [5, 5.41) is 0. The summed E-state index contributed by atoms with van der Waals surface area (Å²) in [6.07, 6.45) is 6.85. The van der Waals surface area contributed by atoms with Crippen molar-refractivity contribution in [3.8, 4) is 0 Å². The summed E-state index contributed by atoms with van der Waals surface area (Å²) in [6, 6.07) is 0. The molecule has 2 heteroatoms. The molecule has 0 aromatic carbocycles. The highest BCUT2D eigenvalue weighted by molar-refractivity contribution is 4.59. The predicted molar refractivity (Wildman–Crippen MR) is 64.5 cm³/mol. The number of rotatable bonds is 9. The molecule has 0 fully saturated rings. The molecule has 14 heavy (non-hydrogen) atoms. The predicted octanol–water partition coefficient (Wildman–Crippen LogP) is 2.48. The van der Waals surface area contributed by atoms with Crippen LogP contribution in [0, 0.1) is 5.92 Å². The summed E-state index contributed by atoms with van der Waals surface area (Å²) in [4.78, 5) is 2.41. The molecule has 0 spiro atoms. The van der Waals surface area contributed by atoms with E-state index in [0.717, 1.165) is 13.1 Å². The first-order chi connectivity index (χ1) is 6.70. The molecule has 2 nitrogen and oxygen atoms in total. The third kappa shape index (κ3) is 8.52. The zero-order valence-corrected chi connectivity index (χ0v) is 10.3. The second-order valence-electron chi connectivity index (χ2n) is 4.52. The lowest BCUT2D eigenvalue weighted by Crippen LogP contribution is -2.29. The van der Waals surface area contributed by atoms with Crippen LogP contribution in [0.5, 0.6) is 0 Å². The number of nitrogens with two attached hydrogens (primary N) is 1. The minimum atomic E-state index is 0.635. The SMILES string of the molecule is CCCCCCCN(C)CC(C)CN. The van der Waals surface area contributed by atoms with Gasteiger partial charge in [0.25, 0.3) is 0 Å². The van der Waals surface area contributed by atoms with Crippen molar-refractivity contribution in [1.82, 2.24) is 4.90 Å². The molecule has 1 atom stereocenters. The van der Waals surface area contributed by atoms with Crippen molar-refractivity contribution in [3.63, 3.8) is 0 Å². The first-order valence-electron chi connectivity index (χ1n) is 6.09. The Balaban J connectivity index is 3.22. The van der Waals surface area contributed by atoms with E-state index >= 15 is 0 Å². The van der Waals surface area contributed by atoms with Crippen LogP contribution in [0.15, 0.2) is 0 Å². The molecule has 0 aromatic heterocycles. The maximum atomic E-state index is 5.59. The first kappa shape index (κ1) is 13.9. The van der Waals surface area contributed by atoms with E-state index in [4.69, 9.17) is 5.73 Å². The van der Waals surface area contributed by atoms with Crippen molar-refractivity contribution in [2.45, 2.75) is 46.0 Å². The summed E-state index contributed by atoms with van der Waals surface area (Å²) in [6.45, 7) is 7.65. The van der Waals surface area contributed by atoms with Crippen LogP contribution >= 0.6 is 0 Å². The molecule has 0 aliphatic heterocycles. The quantitative estimate of drug-likeness (QED) is 0.579. The zero-order chi connectivity index (χ0) is 10.8. The van der Waals surface area contributed by atoms with Gasteiger partial charge in [0, 0.05) is 6.54 Å². The normalized spacial score (nSPS) is 13.5. The number of hydrogen-bond acceptors (Lipinski definition) is 2. The van der Waals surface area contributed by atoms with Crippen molar-refractivity contribution < 1.29 is 0 Å². The average molecular weight is 200 g/mol. The molecule has 0 saturated heterocycles. The summed E-state index contributed by atoms with van der Waals surface area (Å²) >= 11 is 0. The molecule has 0 bridgehead atoms. The Bertz CT molecular complexity index is 115. The molecule has 0 saturated carbocycles. The van der Waals surface area contributed by atoms with E-state index in [9.17, 15) is 0 Å². The summed E-state index contributed by atoms with van der Waals surface area (Å²) < 4.78 is 0. The number of hydrogen-bond donors (Lipinski definition) is 1. The van der Waals surface area contributed by atoms with Crippen LogP contribution in [0.4, 0.5) is 0 Å². The molecule has 2 N–H and O–H groups in total. The minimum Gasteiger partial charge on any atom is -0.330 e. The third-order valence-electron chi connectivity index (χ3n) is 2.67. The minimum absolute atomic E-state index is 0.635. The number of unbranched alkanes of at least 4 members (excludes halogenated alkanes) is 4. The van der Waals surface area contributed by atoms with Crippen LogP contribution < -0.4 is 5.73 Å². The Morgan fingerprint density at radius 2 is 1.79 bits per heavy atom. The van der Waals surface area contributed by atoms with Crippen molar-refractivity contribution in [2.24, 2.45) is 11.7 Å². The van der Waals surface area contributed by atoms with Gasteiger partial charge in [-0.3, -0.25) is 0 Å². The van der Waals surface area contributed by atoms with Gasteiger partial charge in [0.2, 0.25) is 0 Å². The van der Waals surface area contributed by atoms with Gasteiger partial charge in [0.05, 0.1) is 0 Å². The van der Waals surface area contributed by atoms with Crippen molar-refractivity contribution in [3.05, 3.63) is 0 Å². The van der Waals surface area contributed by atoms with E-state index in [1.165, 1.54) is 38.6 Å². The Morgan fingerprint density at radius 1 is 1.14 bits per heavy atom. The van der Waals surface area contributed by atoms with E-state index in [2.05, 4.69) is 25.8 Å². The van der Waals surface area contributed by atoms with E-state index in [1.807, 2.05) is 0 Å². The Hall–Kier alpha value is -0.0800. The Morgan fingerprint density at radius 3 is 2.36 bits per heavy atom. The highest BCUT2D eigenvalue weighted by atomic mass is 15.1. The topological polar surface area (TPSA) is 29.3 Å². The fourth-order valence-electron chi connectivity index (χ4n) is 1.68. The standard InChI is InChI=1S/C12H28N2/c1-4-5-6-7-8-9-14(3)11-12(2)10-13/h12H,4-11,13H2,1-3H3. The molecule has 0 aromatic rings. The highest BCUT2D eigenvalue weighted by Gasteiger charge is 2.03. The molecule has 0 amide bonds. The van der Waals surface area contributed by atoms with Crippen LogP contribution in [0.3, 0.4) is 0 Å². The molecular formula is C12H28N2. The van der Waals surface area contributed by atoms with Crippen molar-refractivity contribution in [1.29, 1.82) is 0 Å². The lowest BCUT2D eigenvalue weighted by molar-refractivity contribution is 0.282. The van der Waals surface area contributed by atoms with E-state index < -0.39 is 0 Å². The average Bonchev–Trinajstić information content (AvgIpc) is 2.17. The smallest absolute Gasteiger partial charge is 0.00160 e. The molecule has 0 rings (SSSR count). The lowest BCUT2D eigenvalue weighted by atomic mass is 10.1. The van der Waals surface area contributed by atoms with Crippen LogP contribution in [0.25, 0.3) is 0 Å². The summed E-state index contributed by atoms with van der Waals surface area (Å²) in [5.41, 5.74) is 5.59. The third-order valence-corrected chi connectivity index (χ3v) is 2.67. The van der Waals surface area contributed by atoms with Gasteiger partial charge in [0.1, 0.15) is 0 Å². The van der Waals surface area contributed by atoms with Gasteiger partial charge in [-0.15, -0.1) is 0 Å². The summed E-state index contributed by atoms with van der Waals surface area (Å²) in [5.74, 6) is 0.635. The van der Waals surface area contributed by atoms with Gasteiger partial charge in [-0.05, 0) is 32.5 Å². The van der Waals surface area contributed by atoms with Gasteiger partial charge in [0.15, 0.2) is 0 Å². The second kappa shape index (κ2) is 9.47. The van der Waals surface area contributed by atoms with Gasteiger partial charge in [-0.2, -0.15) is 0 Å². The fourth-order valence-corrected chi connectivity index (χ4v) is 1.68. The molecule has 0 aliphatic rings. The highest BCUT2D eigenvalue weighted by Crippen LogP contribution is 2.04. The Kier molecular flexibility index (Phi) is 9.42. The molecule has 0 aliphatic carbocycles. The van der Waals surface area contributed by atoms with Gasteiger partial charge < -0.3 is 10.6 Å². The fraction of sp³-hybridized carbons (Fsp3) is 1.00. The molecular weight excluding hydrogens is 172 g/mol. The van der Waals surface area contributed by atoms with Crippen LogP contribution in [-0.2, 0) is 0 Å². The maximum Gasteiger partial charge on any atom is 0.00160 e. The first-order valence-corrected chi connectivity index (χ1v) is 6.09. The van der Waals surface area contributed by atoms with Crippen molar-refractivity contribution in [2.75, 3.05) is 26.7 Å². The molecule has 0 heterocycles. The van der Waals surface area contributed by atoms with Crippen LogP contribution in [0.2, 0.25) is 0 Å². The van der Waals surface area contributed by atoms with Crippen LogP contribution in [-0.4, -0.2) is 31.6 Å². The van der Waals surface area contributed by atoms with Gasteiger partial charge in [-0.1, -0.05) is 39.5 Å². The van der Waals surface area contributed by atoms with E-state index in [-0.39, 0.29) is 0 Å². The molecule has 0 radical (unpaired) electrons. The second-order valence-corrected chi connectivity index (χ2v) is 4.52. The van der Waals surface area contributed by atoms with Gasteiger partial charge >= 0.3 is 0 Å². The largest absolute Gasteiger partial charge is 0.330 e. The lowest BCUT2D eigenvalue weighted by Gasteiger charge is -2.20. The van der Waals surface area contributed by atoms with E-state index in [0.29, 0.717) is 5.92 Å². The molecule has 1 unspecified atom stereocenters. The van der Waals surface area contributed by atoms with Gasteiger partial charge in [-0.25, -0.2) is 0 Å². The molecule has 86 valence electrons. The van der Waals surface area contributed by atoms with Crippen molar-refractivity contribution >= 4 is 0 Å². The van der Waals surface area contributed by atoms with Crippen LogP contribution in [0.1, 0.15) is 46.0 Å². The zero-order valence-electron chi connectivity index (χ0n) is 10.3. The van der Waals surface area contributed by atoms with E-state index in [1.54, 1.807) is 0 Å². The monoisotopic (exact) mass is 200 g/mol.